The third-order valence-electron chi connectivity index (χ3n) is 3.54. The van der Waals surface area contributed by atoms with Crippen LogP contribution < -0.4 is 5.32 Å². The van der Waals surface area contributed by atoms with E-state index in [1.807, 2.05) is 26.1 Å². The Balaban J connectivity index is 1.99. The van der Waals surface area contributed by atoms with Crippen molar-refractivity contribution in [2.45, 2.75) is 45.3 Å². The zero-order valence-electron chi connectivity index (χ0n) is 10.7. The molecular weight excluding hydrogens is 212 g/mol. The molecule has 1 heterocycles. The molecule has 0 amide bonds. The summed E-state index contributed by atoms with van der Waals surface area (Å²) in [6.07, 6.45) is 5.04. The van der Waals surface area contributed by atoms with Gasteiger partial charge in [-0.15, -0.1) is 0 Å². The van der Waals surface area contributed by atoms with E-state index in [1.165, 1.54) is 17.7 Å². The largest absolute Gasteiger partial charge is 0.392 e. The second kappa shape index (κ2) is 5.61. The number of aromatic nitrogens is 1. The highest BCUT2D eigenvalue weighted by Crippen LogP contribution is 2.27. The molecule has 94 valence electrons. The van der Waals surface area contributed by atoms with Crippen LogP contribution in [0.15, 0.2) is 18.3 Å². The van der Waals surface area contributed by atoms with Gasteiger partial charge in [-0.25, -0.2) is 0 Å². The fraction of sp³-hybridized carbons (Fsp3) is 0.643. The Hall–Kier alpha value is -0.930. The molecule has 0 aliphatic heterocycles. The molecule has 0 saturated carbocycles. The summed E-state index contributed by atoms with van der Waals surface area (Å²) >= 11 is 0. The van der Waals surface area contributed by atoms with Crippen LogP contribution in [0.4, 0.5) is 0 Å². The van der Waals surface area contributed by atoms with Crippen molar-refractivity contribution < 1.29 is 5.11 Å². The van der Waals surface area contributed by atoms with Crippen molar-refractivity contribution in [2.75, 3.05) is 6.54 Å². The van der Waals surface area contributed by atoms with E-state index in [4.69, 9.17) is 0 Å². The lowest BCUT2D eigenvalue weighted by Crippen LogP contribution is -2.35. The van der Waals surface area contributed by atoms with Crippen molar-refractivity contribution in [1.82, 2.24) is 10.3 Å². The molecule has 0 bridgehead atoms. The van der Waals surface area contributed by atoms with Crippen molar-refractivity contribution in [3.8, 4) is 0 Å². The first-order chi connectivity index (χ1) is 8.18. The number of hydrogen-bond donors (Lipinski definition) is 2. The van der Waals surface area contributed by atoms with Gasteiger partial charge in [0.15, 0.2) is 0 Å². The Bertz CT molecular complexity index is 365. The first-order valence-corrected chi connectivity index (χ1v) is 6.53. The molecule has 1 aromatic heterocycles. The highest BCUT2D eigenvalue weighted by Gasteiger charge is 2.21. The highest BCUT2D eigenvalue weighted by atomic mass is 16.3. The summed E-state index contributed by atoms with van der Waals surface area (Å²) in [5.41, 5.74) is 2.53. The highest BCUT2D eigenvalue weighted by molar-refractivity contribution is 5.25. The normalized spacial score (nSPS) is 21.3. The first kappa shape index (κ1) is 12.5. The Morgan fingerprint density at radius 3 is 3.12 bits per heavy atom. The van der Waals surface area contributed by atoms with Crippen LogP contribution in [-0.2, 0) is 6.42 Å². The van der Waals surface area contributed by atoms with E-state index in [2.05, 4.69) is 16.4 Å². The molecule has 0 fully saturated rings. The standard InChI is InChI=1S/C14H22N2O/c1-10(2)13(17)9-16-12-7-3-5-11-6-4-8-15-14(11)12/h4,6,8,10,12-13,16-17H,3,5,7,9H2,1-2H3. The quantitative estimate of drug-likeness (QED) is 0.838. The van der Waals surface area contributed by atoms with E-state index >= 15 is 0 Å². The van der Waals surface area contributed by atoms with Gasteiger partial charge in [-0.3, -0.25) is 4.98 Å². The summed E-state index contributed by atoms with van der Waals surface area (Å²) in [4.78, 5) is 4.48. The van der Waals surface area contributed by atoms with Gasteiger partial charge in [-0.05, 0) is 36.8 Å². The SMILES string of the molecule is CC(C)C(O)CNC1CCCc2cccnc21. The average molecular weight is 234 g/mol. The molecule has 2 unspecified atom stereocenters. The molecule has 2 atom stereocenters. The Labute approximate surface area is 103 Å². The number of pyridine rings is 1. The van der Waals surface area contributed by atoms with Gasteiger partial charge < -0.3 is 10.4 Å². The van der Waals surface area contributed by atoms with Gasteiger partial charge in [0.2, 0.25) is 0 Å². The van der Waals surface area contributed by atoms with Crippen LogP contribution in [0.1, 0.15) is 44.0 Å². The lowest BCUT2D eigenvalue weighted by molar-refractivity contribution is 0.119. The van der Waals surface area contributed by atoms with Crippen molar-refractivity contribution in [3.63, 3.8) is 0 Å². The van der Waals surface area contributed by atoms with Crippen LogP contribution >= 0.6 is 0 Å². The van der Waals surface area contributed by atoms with Crippen molar-refractivity contribution in [1.29, 1.82) is 0 Å². The molecule has 0 saturated heterocycles. The molecule has 1 aromatic rings. The van der Waals surface area contributed by atoms with E-state index < -0.39 is 0 Å². The maximum atomic E-state index is 9.82. The zero-order valence-corrected chi connectivity index (χ0v) is 10.7. The Morgan fingerprint density at radius 2 is 2.35 bits per heavy atom. The molecule has 1 aliphatic carbocycles. The summed E-state index contributed by atoms with van der Waals surface area (Å²) in [5, 5.41) is 13.3. The lowest BCUT2D eigenvalue weighted by Gasteiger charge is -2.27. The second-order valence-corrected chi connectivity index (χ2v) is 5.21. The topological polar surface area (TPSA) is 45.1 Å². The van der Waals surface area contributed by atoms with Crippen LogP contribution in [0, 0.1) is 5.92 Å². The summed E-state index contributed by atoms with van der Waals surface area (Å²) in [6, 6.07) is 4.48. The Kier molecular flexibility index (Phi) is 4.13. The fourth-order valence-corrected chi connectivity index (χ4v) is 2.31. The minimum Gasteiger partial charge on any atom is -0.392 e. The van der Waals surface area contributed by atoms with Gasteiger partial charge in [-0.2, -0.15) is 0 Å². The van der Waals surface area contributed by atoms with Crippen LogP contribution in [0.25, 0.3) is 0 Å². The number of fused-ring (bicyclic) bond motifs is 1. The zero-order chi connectivity index (χ0) is 12.3. The maximum absolute atomic E-state index is 9.82. The van der Waals surface area contributed by atoms with Gasteiger partial charge >= 0.3 is 0 Å². The second-order valence-electron chi connectivity index (χ2n) is 5.21. The summed E-state index contributed by atoms with van der Waals surface area (Å²) < 4.78 is 0. The van der Waals surface area contributed by atoms with Crippen LogP contribution in [0.2, 0.25) is 0 Å². The molecule has 3 nitrogen and oxygen atoms in total. The van der Waals surface area contributed by atoms with Crippen LogP contribution in [0.3, 0.4) is 0 Å². The molecule has 17 heavy (non-hydrogen) atoms. The molecular formula is C14H22N2O. The number of aryl methyl sites for hydroxylation is 1. The number of rotatable bonds is 4. The summed E-state index contributed by atoms with van der Waals surface area (Å²) in [7, 11) is 0. The third kappa shape index (κ3) is 3.05. The third-order valence-corrected chi connectivity index (χ3v) is 3.54. The van der Waals surface area contributed by atoms with Crippen molar-refractivity contribution in [2.24, 2.45) is 5.92 Å². The lowest BCUT2D eigenvalue weighted by atomic mass is 9.91. The molecule has 0 aromatic carbocycles. The molecule has 2 N–H and O–H groups in total. The number of nitrogens with zero attached hydrogens (tertiary/aromatic N) is 1. The maximum Gasteiger partial charge on any atom is 0.0687 e. The molecule has 0 radical (unpaired) electrons. The molecule has 3 heteroatoms. The van der Waals surface area contributed by atoms with Gasteiger partial charge in [-0.1, -0.05) is 19.9 Å². The number of aliphatic hydroxyl groups is 1. The van der Waals surface area contributed by atoms with Crippen molar-refractivity contribution >= 4 is 0 Å². The monoisotopic (exact) mass is 234 g/mol. The van der Waals surface area contributed by atoms with Crippen LogP contribution in [0.5, 0.6) is 0 Å². The van der Waals surface area contributed by atoms with E-state index in [-0.39, 0.29) is 6.10 Å². The van der Waals surface area contributed by atoms with Gasteiger partial charge in [0.25, 0.3) is 0 Å². The molecule has 1 aliphatic rings. The predicted molar refractivity (Wildman–Crippen MR) is 68.8 cm³/mol. The molecule has 0 spiro atoms. The van der Waals surface area contributed by atoms with E-state index in [0.29, 0.717) is 18.5 Å². The first-order valence-electron chi connectivity index (χ1n) is 6.53. The Morgan fingerprint density at radius 1 is 1.53 bits per heavy atom. The predicted octanol–water partition coefficient (Wildman–Crippen LogP) is 2.07. The number of aliphatic hydroxyl groups excluding tert-OH is 1. The minimum atomic E-state index is -0.274. The number of nitrogens with one attached hydrogen (secondary N) is 1. The van der Waals surface area contributed by atoms with E-state index in [1.54, 1.807) is 0 Å². The molecule has 2 rings (SSSR count). The average Bonchev–Trinajstić information content (AvgIpc) is 2.35. The van der Waals surface area contributed by atoms with Crippen molar-refractivity contribution in [3.05, 3.63) is 29.6 Å². The number of hydrogen-bond acceptors (Lipinski definition) is 3. The summed E-state index contributed by atoms with van der Waals surface area (Å²) in [5.74, 6) is 0.300. The minimum absolute atomic E-state index is 0.274. The van der Waals surface area contributed by atoms with E-state index in [9.17, 15) is 5.11 Å². The van der Waals surface area contributed by atoms with Gasteiger partial charge in [0.1, 0.15) is 0 Å². The van der Waals surface area contributed by atoms with E-state index in [0.717, 1.165) is 12.8 Å². The smallest absolute Gasteiger partial charge is 0.0687 e. The van der Waals surface area contributed by atoms with Gasteiger partial charge in [0.05, 0.1) is 11.8 Å². The van der Waals surface area contributed by atoms with Gasteiger partial charge in [0, 0.05) is 18.8 Å². The summed E-state index contributed by atoms with van der Waals surface area (Å²) in [6.45, 7) is 4.73. The van der Waals surface area contributed by atoms with Crippen LogP contribution in [-0.4, -0.2) is 22.7 Å². The fourth-order valence-electron chi connectivity index (χ4n) is 2.31.